The molecule has 0 aromatic carbocycles. The summed E-state index contributed by atoms with van der Waals surface area (Å²) in [6.07, 6.45) is 9.60. The molecule has 0 amide bonds. The Morgan fingerprint density at radius 3 is 2.87 bits per heavy atom. The summed E-state index contributed by atoms with van der Waals surface area (Å²) in [7, 11) is 0. The van der Waals surface area contributed by atoms with Gasteiger partial charge in [0.05, 0.1) is 5.54 Å². The van der Waals surface area contributed by atoms with Crippen molar-refractivity contribution < 1.29 is 0 Å². The van der Waals surface area contributed by atoms with Crippen LogP contribution in [0.25, 0.3) is 0 Å². The molecular weight excluding hydrogens is 202 g/mol. The van der Waals surface area contributed by atoms with Gasteiger partial charge in [-0.15, -0.1) is 11.8 Å². The van der Waals surface area contributed by atoms with Crippen molar-refractivity contribution >= 4 is 11.8 Å². The van der Waals surface area contributed by atoms with Crippen LogP contribution in [0.4, 0.5) is 0 Å². The van der Waals surface area contributed by atoms with Gasteiger partial charge in [0.25, 0.3) is 0 Å². The van der Waals surface area contributed by atoms with Crippen molar-refractivity contribution in [2.75, 3.05) is 0 Å². The highest BCUT2D eigenvalue weighted by Gasteiger charge is 2.89. The summed E-state index contributed by atoms with van der Waals surface area (Å²) in [5, 5.41) is 0.934. The lowest BCUT2D eigenvalue weighted by molar-refractivity contribution is -0.274. The monoisotopic (exact) mass is 217 g/mol. The molecule has 2 spiro atoms. The standard InChI is InChI=1S/C13H15NS/c1-7-10-9-11-12(14(7)9)5-3-4-6-13(11,15-10)8(12)2/h3-11H,1-2H3. The highest BCUT2D eigenvalue weighted by atomic mass is 32.2. The minimum Gasteiger partial charge on any atom is -0.285 e. The summed E-state index contributed by atoms with van der Waals surface area (Å²) in [6, 6.07) is 1.74. The summed E-state index contributed by atoms with van der Waals surface area (Å²) in [5.41, 5.74) is 0.466. The zero-order valence-electron chi connectivity index (χ0n) is 9.05. The molecule has 5 aliphatic rings. The quantitative estimate of drug-likeness (QED) is 0.611. The van der Waals surface area contributed by atoms with Gasteiger partial charge in [0.1, 0.15) is 0 Å². The molecule has 2 bridgehead atoms. The molecule has 5 rings (SSSR count). The summed E-state index contributed by atoms with van der Waals surface area (Å²) < 4.78 is 0.514. The van der Waals surface area contributed by atoms with Gasteiger partial charge in [0, 0.05) is 28.0 Å². The van der Waals surface area contributed by atoms with Gasteiger partial charge in [0.15, 0.2) is 0 Å². The van der Waals surface area contributed by atoms with Crippen LogP contribution in [0.3, 0.4) is 0 Å². The van der Waals surface area contributed by atoms with E-state index in [4.69, 9.17) is 0 Å². The largest absolute Gasteiger partial charge is 0.285 e. The molecule has 0 aromatic rings. The fraction of sp³-hybridized carbons (Fsp3) is 0.692. The predicted octanol–water partition coefficient (Wildman–Crippen LogP) is 2.06. The summed E-state index contributed by atoms with van der Waals surface area (Å²) >= 11 is 2.29. The van der Waals surface area contributed by atoms with Gasteiger partial charge in [-0.3, -0.25) is 4.90 Å². The van der Waals surface area contributed by atoms with Gasteiger partial charge in [-0.05, 0) is 12.8 Å². The molecule has 3 heterocycles. The van der Waals surface area contributed by atoms with Crippen LogP contribution in [-0.2, 0) is 0 Å². The van der Waals surface area contributed by atoms with E-state index < -0.39 is 0 Å². The Morgan fingerprint density at radius 2 is 2.00 bits per heavy atom. The van der Waals surface area contributed by atoms with E-state index in [1.165, 1.54) is 0 Å². The summed E-state index contributed by atoms with van der Waals surface area (Å²) in [5.74, 6) is 1.77. The molecule has 7 atom stereocenters. The molecule has 78 valence electrons. The third kappa shape index (κ3) is 0.471. The maximum atomic E-state index is 2.80. The second-order valence-corrected chi connectivity index (χ2v) is 7.37. The average Bonchev–Trinajstić information content (AvgIpc) is 2.46. The van der Waals surface area contributed by atoms with E-state index in [9.17, 15) is 0 Å². The first-order valence-electron chi connectivity index (χ1n) is 6.07. The van der Waals surface area contributed by atoms with Crippen molar-refractivity contribution in [2.45, 2.75) is 41.5 Å². The van der Waals surface area contributed by atoms with E-state index in [-0.39, 0.29) is 0 Å². The molecule has 15 heavy (non-hydrogen) atoms. The van der Waals surface area contributed by atoms with Crippen molar-refractivity contribution in [2.24, 2.45) is 11.8 Å². The highest BCUT2D eigenvalue weighted by Crippen LogP contribution is 2.82. The fourth-order valence-corrected chi connectivity index (χ4v) is 7.61. The Hall–Kier alpha value is -0.210. The molecule has 0 N–H and O–H groups in total. The molecule has 1 nitrogen and oxygen atoms in total. The molecule has 7 unspecified atom stereocenters. The summed E-state index contributed by atoms with van der Waals surface area (Å²) in [6.45, 7) is 4.89. The summed E-state index contributed by atoms with van der Waals surface area (Å²) in [4.78, 5) is 2.80. The SMILES string of the molecule is CC1C2SC34C=CC=CC5(C3C)C4C2N15. The smallest absolute Gasteiger partial charge is 0.0503 e. The number of thioether (sulfide) groups is 1. The highest BCUT2D eigenvalue weighted by molar-refractivity contribution is 8.02. The predicted molar refractivity (Wildman–Crippen MR) is 62.9 cm³/mol. The number of rotatable bonds is 0. The van der Waals surface area contributed by atoms with Crippen LogP contribution in [0.2, 0.25) is 0 Å². The zero-order valence-corrected chi connectivity index (χ0v) is 9.87. The Labute approximate surface area is 94.6 Å². The maximum absolute atomic E-state index is 2.80. The Morgan fingerprint density at radius 1 is 1.20 bits per heavy atom. The lowest BCUT2D eigenvalue weighted by Gasteiger charge is -2.81. The fourth-order valence-electron chi connectivity index (χ4n) is 5.36. The van der Waals surface area contributed by atoms with E-state index in [0.717, 1.165) is 29.2 Å². The molecule has 2 heteroatoms. The lowest BCUT2D eigenvalue weighted by Crippen LogP contribution is -2.93. The number of hydrogen-bond donors (Lipinski definition) is 0. The Bertz CT molecular complexity index is 442. The van der Waals surface area contributed by atoms with Crippen molar-refractivity contribution in [3.63, 3.8) is 0 Å². The zero-order chi connectivity index (χ0) is 10.00. The third-order valence-electron chi connectivity index (χ3n) is 5.89. The van der Waals surface area contributed by atoms with Gasteiger partial charge in [-0.25, -0.2) is 0 Å². The lowest BCUT2D eigenvalue weighted by atomic mass is 9.40. The van der Waals surface area contributed by atoms with Gasteiger partial charge in [-0.1, -0.05) is 31.2 Å². The molecule has 3 aliphatic heterocycles. The van der Waals surface area contributed by atoms with Crippen LogP contribution in [0.15, 0.2) is 24.3 Å². The Balaban J connectivity index is 1.81. The van der Waals surface area contributed by atoms with Crippen LogP contribution >= 0.6 is 11.8 Å². The van der Waals surface area contributed by atoms with Gasteiger partial charge in [-0.2, -0.15) is 0 Å². The first kappa shape index (κ1) is 7.97. The van der Waals surface area contributed by atoms with E-state index in [1.54, 1.807) is 0 Å². The minimum absolute atomic E-state index is 0.466. The molecule has 0 aromatic heterocycles. The van der Waals surface area contributed by atoms with E-state index in [2.05, 4.69) is 54.8 Å². The molecule has 3 saturated heterocycles. The van der Waals surface area contributed by atoms with E-state index >= 15 is 0 Å². The first-order valence-corrected chi connectivity index (χ1v) is 6.95. The molecular formula is C13H15NS. The number of nitrogens with zero attached hydrogens (tertiary/aromatic N) is 1. The second-order valence-electron chi connectivity index (χ2n) is 5.88. The Kier molecular flexibility index (Phi) is 0.990. The number of allylic oxidation sites excluding steroid dienone is 2. The van der Waals surface area contributed by atoms with Crippen molar-refractivity contribution in [1.29, 1.82) is 0 Å². The van der Waals surface area contributed by atoms with Crippen LogP contribution in [0.1, 0.15) is 13.8 Å². The van der Waals surface area contributed by atoms with Gasteiger partial charge < -0.3 is 0 Å². The normalized spacial score (nSPS) is 71.5. The van der Waals surface area contributed by atoms with Crippen molar-refractivity contribution in [3.05, 3.63) is 24.3 Å². The van der Waals surface area contributed by atoms with E-state index in [0.29, 0.717) is 10.3 Å². The molecule has 1 saturated carbocycles. The third-order valence-corrected chi connectivity index (χ3v) is 7.98. The van der Waals surface area contributed by atoms with Crippen LogP contribution in [-0.4, -0.2) is 32.5 Å². The first-order chi connectivity index (χ1) is 7.23. The average molecular weight is 217 g/mol. The van der Waals surface area contributed by atoms with Gasteiger partial charge >= 0.3 is 0 Å². The molecule has 0 radical (unpaired) electrons. The van der Waals surface area contributed by atoms with Gasteiger partial charge in [0.2, 0.25) is 0 Å². The van der Waals surface area contributed by atoms with Crippen LogP contribution in [0, 0.1) is 11.8 Å². The number of hydrogen-bond acceptors (Lipinski definition) is 2. The number of piperidine rings is 2. The second kappa shape index (κ2) is 1.86. The molecule has 2 aliphatic carbocycles. The van der Waals surface area contributed by atoms with Crippen molar-refractivity contribution in [3.8, 4) is 0 Å². The topological polar surface area (TPSA) is 3.24 Å². The maximum Gasteiger partial charge on any atom is 0.0503 e. The van der Waals surface area contributed by atoms with Crippen LogP contribution in [0.5, 0.6) is 0 Å². The minimum atomic E-state index is 0.466. The van der Waals surface area contributed by atoms with E-state index in [1.807, 2.05) is 0 Å². The molecule has 4 fully saturated rings. The van der Waals surface area contributed by atoms with Crippen LogP contribution < -0.4 is 0 Å². The van der Waals surface area contributed by atoms with Crippen molar-refractivity contribution in [1.82, 2.24) is 4.90 Å².